The number of hydrogen-bond donors (Lipinski definition) is 1. The van der Waals surface area contributed by atoms with Crippen LogP contribution >= 0.6 is 11.8 Å². The predicted molar refractivity (Wildman–Crippen MR) is 82.0 cm³/mol. The number of cyclic esters (lactones) is 1. The Balaban J connectivity index is 1.74. The SMILES string of the molecule is [N-]=[N+]=NCC[C@H]1CN(c2ccc3c(c2)NC(=O)CS3)C(=O)O1. The molecule has 2 aliphatic rings. The van der Waals surface area contributed by atoms with E-state index in [0.29, 0.717) is 36.6 Å². The lowest BCUT2D eigenvalue weighted by molar-refractivity contribution is -0.113. The number of benzene rings is 1. The molecule has 1 N–H and O–H groups in total. The van der Waals surface area contributed by atoms with Gasteiger partial charge in [0.2, 0.25) is 5.91 Å². The molecule has 0 bridgehead atoms. The van der Waals surface area contributed by atoms with Gasteiger partial charge >= 0.3 is 6.09 Å². The molecule has 2 heterocycles. The van der Waals surface area contributed by atoms with Crippen molar-refractivity contribution in [1.82, 2.24) is 0 Å². The number of carbonyl (C=O) groups is 2. The average Bonchev–Trinajstić information content (AvgIpc) is 2.87. The van der Waals surface area contributed by atoms with Crippen molar-refractivity contribution in [1.29, 1.82) is 0 Å². The summed E-state index contributed by atoms with van der Waals surface area (Å²) in [5.41, 5.74) is 9.65. The van der Waals surface area contributed by atoms with Crippen molar-refractivity contribution in [2.75, 3.05) is 29.1 Å². The Morgan fingerprint density at radius 2 is 2.36 bits per heavy atom. The van der Waals surface area contributed by atoms with Crippen LogP contribution in [0.25, 0.3) is 10.4 Å². The fourth-order valence-electron chi connectivity index (χ4n) is 2.37. The highest BCUT2D eigenvalue weighted by Gasteiger charge is 2.32. The zero-order valence-electron chi connectivity index (χ0n) is 11.6. The third-order valence-electron chi connectivity index (χ3n) is 3.40. The summed E-state index contributed by atoms with van der Waals surface area (Å²) in [7, 11) is 0. The molecule has 0 aromatic heterocycles. The number of amides is 2. The van der Waals surface area contributed by atoms with Gasteiger partial charge in [0.15, 0.2) is 0 Å². The van der Waals surface area contributed by atoms with E-state index in [1.54, 1.807) is 6.07 Å². The highest BCUT2D eigenvalue weighted by Crippen LogP contribution is 2.35. The van der Waals surface area contributed by atoms with Crippen LogP contribution in [0.15, 0.2) is 28.2 Å². The fourth-order valence-corrected chi connectivity index (χ4v) is 3.16. The van der Waals surface area contributed by atoms with E-state index < -0.39 is 6.09 Å². The number of rotatable bonds is 4. The number of azide groups is 1. The largest absolute Gasteiger partial charge is 0.444 e. The standard InChI is InChI=1S/C13H13N5O3S/c14-17-15-4-3-9-6-18(13(20)21-9)8-1-2-11-10(5-8)16-12(19)7-22-11/h1-2,5,9H,3-4,6-7H2,(H,16,19)/t9-/m0/s1. The molecule has 114 valence electrons. The third-order valence-corrected chi connectivity index (χ3v) is 4.47. The molecular formula is C13H13N5O3S. The van der Waals surface area contributed by atoms with Crippen LogP contribution in [-0.4, -0.2) is 36.9 Å². The molecular weight excluding hydrogens is 306 g/mol. The molecule has 0 aliphatic carbocycles. The van der Waals surface area contributed by atoms with Crippen molar-refractivity contribution in [3.63, 3.8) is 0 Å². The van der Waals surface area contributed by atoms with Crippen molar-refractivity contribution >= 4 is 35.1 Å². The van der Waals surface area contributed by atoms with Crippen molar-refractivity contribution in [3.05, 3.63) is 28.6 Å². The Morgan fingerprint density at radius 3 is 3.18 bits per heavy atom. The predicted octanol–water partition coefficient (Wildman–Crippen LogP) is 2.76. The smallest absolute Gasteiger partial charge is 0.414 e. The summed E-state index contributed by atoms with van der Waals surface area (Å²) in [6.07, 6.45) is -0.234. The molecule has 1 fully saturated rings. The lowest BCUT2D eigenvalue weighted by atomic mass is 10.2. The summed E-state index contributed by atoms with van der Waals surface area (Å²) in [6.45, 7) is 0.693. The average molecular weight is 319 g/mol. The number of fused-ring (bicyclic) bond motifs is 1. The van der Waals surface area contributed by atoms with Gasteiger partial charge < -0.3 is 10.1 Å². The summed E-state index contributed by atoms with van der Waals surface area (Å²) in [5, 5.41) is 6.24. The van der Waals surface area contributed by atoms with Crippen LogP contribution in [0.1, 0.15) is 6.42 Å². The minimum atomic E-state index is -0.430. The van der Waals surface area contributed by atoms with Crippen molar-refractivity contribution in [2.24, 2.45) is 5.11 Å². The van der Waals surface area contributed by atoms with Gasteiger partial charge in [-0.15, -0.1) is 11.8 Å². The normalized spacial score (nSPS) is 20.0. The second kappa shape index (κ2) is 6.17. The Hall–Kier alpha value is -2.38. The van der Waals surface area contributed by atoms with E-state index >= 15 is 0 Å². The van der Waals surface area contributed by atoms with Gasteiger partial charge in [-0.2, -0.15) is 0 Å². The Kier molecular flexibility index (Phi) is 4.08. The fraction of sp³-hybridized carbons (Fsp3) is 0.385. The van der Waals surface area contributed by atoms with Crippen LogP contribution in [-0.2, 0) is 9.53 Å². The van der Waals surface area contributed by atoms with Crippen LogP contribution in [0.3, 0.4) is 0 Å². The number of ether oxygens (including phenoxy) is 1. The summed E-state index contributed by atoms with van der Waals surface area (Å²) in [4.78, 5) is 28.6. The highest BCUT2D eigenvalue weighted by molar-refractivity contribution is 8.00. The second-order valence-electron chi connectivity index (χ2n) is 4.88. The zero-order chi connectivity index (χ0) is 15.5. The maximum absolute atomic E-state index is 12.0. The summed E-state index contributed by atoms with van der Waals surface area (Å²) in [6, 6.07) is 5.49. The zero-order valence-corrected chi connectivity index (χ0v) is 12.4. The van der Waals surface area contributed by atoms with Crippen LogP contribution in [0.2, 0.25) is 0 Å². The topological polar surface area (TPSA) is 107 Å². The van der Waals surface area contributed by atoms with Gasteiger partial charge in [-0.05, 0) is 30.2 Å². The maximum Gasteiger partial charge on any atom is 0.414 e. The molecule has 0 radical (unpaired) electrons. The van der Waals surface area contributed by atoms with Gasteiger partial charge in [-0.3, -0.25) is 9.69 Å². The number of carbonyl (C=O) groups excluding carboxylic acids is 2. The molecule has 1 aromatic rings. The van der Waals surface area contributed by atoms with Crippen molar-refractivity contribution < 1.29 is 14.3 Å². The third kappa shape index (κ3) is 2.95. The van der Waals surface area contributed by atoms with E-state index in [-0.39, 0.29) is 12.0 Å². The lowest BCUT2D eigenvalue weighted by Gasteiger charge is -2.19. The minimum Gasteiger partial charge on any atom is -0.444 e. The van der Waals surface area contributed by atoms with Gasteiger partial charge in [-0.25, -0.2) is 4.79 Å². The molecule has 0 unspecified atom stereocenters. The monoisotopic (exact) mass is 319 g/mol. The molecule has 8 nitrogen and oxygen atoms in total. The van der Waals surface area contributed by atoms with Gasteiger partial charge in [0.05, 0.1) is 18.0 Å². The number of hydrogen-bond acceptors (Lipinski definition) is 5. The lowest BCUT2D eigenvalue weighted by Crippen LogP contribution is -2.25. The summed E-state index contributed by atoms with van der Waals surface area (Å²) >= 11 is 1.47. The summed E-state index contributed by atoms with van der Waals surface area (Å²) < 4.78 is 5.25. The number of nitrogens with one attached hydrogen (secondary N) is 1. The van der Waals surface area contributed by atoms with Gasteiger partial charge in [0.1, 0.15) is 6.10 Å². The molecule has 0 spiro atoms. The Bertz CT molecular complexity index is 674. The first-order chi connectivity index (χ1) is 10.7. The van der Waals surface area contributed by atoms with Crippen molar-refractivity contribution in [3.8, 4) is 0 Å². The molecule has 22 heavy (non-hydrogen) atoms. The van der Waals surface area contributed by atoms with E-state index in [4.69, 9.17) is 10.3 Å². The molecule has 3 rings (SSSR count). The van der Waals surface area contributed by atoms with Crippen molar-refractivity contribution in [2.45, 2.75) is 17.4 Å². The Labute approximate surface area is 130 Å². The first-order valence-corrected chi connectivity index (χ1v) is 7.71. The van der Waals surface area contributed by atoms with E-state index in [0.717, 1.165) is 4.90 Å². The van der Waals surface area contributed by atoms with E-state index in [1.165, 1.54) is 16.7 Å². The molecule has 2 amide bonds. The van der Waals surface area contributed by atoms with Crippen LogP contribution in [0.4, 0.5) is 16.2 Å². The Morgan fingerprint density at radius 1 is 1.50 bits per heavy atom. The van der Waals surface area contributed by atoms with E-state index in [9.17, 15) is 9.59 Å². The second-order valence-corrected chi connectivity index (χ2v) is 5.89. The van der Waals surface area contributed by atoms with E-state index in [1.807, 2.05) is 12.1 Å². The quantitative estimate of drug-likeness (QED) is 0.523. The molecule has 1 saturated heterocycles. The first-order valence-electron chi connectivity index (χ1n) is 6.73. The van der Waals surface area contributed by atoms with Crippen LogP contribution < -0.4 is 10.2 Å². The number of anilines is 2. The molecule has 1 atom stereocenters. The highest BCUT2D eigenvalue weighted by atomic mass is 32.2. The minimum absolute atomic E-state index is 0.0501. The van der Waals surface area contributed by atoms with Crippen LogP contribution in [0, 0.1) is 0 Å². The van der Waals surface area contributed by atoms with Gasteiger partial charge in [0, 0.05) is 22.0 Å². The number of nitrogens with zero attached hydrogens (tertiary/aromatic N) is 4. The first kappa shape index (κ1) is 14.6. The maximum atomic E-state index is 12.0. The van der Waals surface area contributed by atoms with Gasteiger partial charge in [0.25, 0.3) is 0 Å². The molecule has 2 aliphatic heterocycles. The summed E-state index contributed by atoms with van der Waals surface area (Å²) in [5.74, 6) is 0.352. The molecule has 0 saturated carbocycles. The van der Waals surface area contributed by atoms with Gasteiger partial charge in [-0.1, -0.05) is 5.11 Å². The molecule has 9 heteroatoms. The molecule has 1 aromatic carbocycles. The van der Waals surface area contributed by atoms with Crippen LogP contribution in [0.5, 0.6) is 0 Å². The van der Waals surface area contributed by atoms with E-state index in [2.05, 4.69) is 15.3 Å². The number of thioether (sulfide) groups is 1.